The Labute approximate surface area is 198 Å². The van der Waals surface area contributed by atoms with Crippen molar-refractivity contribution in [3.63, 3.8) is 0 Å². The number of aromatic nitrogens is 2. The largest absolute Gasteiger partial charge is 0.497 e. The van der Waals surface area contributed by atoms with Crippen LogP contribution in [0.25, 0.3) is 16.6 Å². The van der Waals surface area contributed by atoms with Gasteiger partial charge in [-0.1, -0.05) is 36.0 Å². The number of fused-ring (bicyclic) bond motifs is 1. The van der Waals surface area contributed by atoms with Crippen LogP contribution in [-0.2, 0) is 11.3 Å². The summed E-state index contributed by atoms with van der Waals surface area (Å²) in [5, 5.41) is 0.425. The molecule has 0 unspecified atom stereocenters. The Morgan fingerprint density at radius 2 is 1.88 bits per heavy atom. The number of amides is 1. The van der Waals surface area contributed by atoms with Crippen LogP contribution in [0.1, 0.15) is 5.56 Å². The zero-order chi connectivity index (χ0) is 24.2. The number of ether oxygens (including phenoxy) is 1. The van der Waals surface area contributed by atoms with Crippen LogP contribution in [0.3, 0.4) is 0 Å². The van der Waals surface area contributed by atoms with Crippen LogP contribution in [0.4, 0.5) is 8.78 Å². The number of nitrogens with zero attached hydrogens (tertiary/aromatic N) is 3. The van der Waals surface area contributed by atoms with Gasteiger partial charge in [0.15, 0.2) is 5.16 Å². The molecule has 6 nitrogen and oxygen atoms in total. The molecule has 0 N–H and O–H groups in total. The molecule has 0 aliphatic rings. The van der Waals surface area contributed by atoms with Gasteiger partial charge in [0, 0.05) is 19.7 Å². The topological polar surface area (TPSA) is 64.4 Å². The number of carbonyl (C=O) groups excluding carboxylic acids is 1. The SMILES string of the molecule is COc1cccc(CN(C)C(=O)CSc2nc3ccccc3c(=O)n2-c2ccc(F)cc2F)c1. The molecule has 0 aliphatic heterocycles. The van der Waals surface area contributed by atoms with Crippen molar-refractivity contribution in [3.8, 4) is 11.4 Å². The summed E-state index contributed by atoms with van der Waals surface area (Å²) in [6.07, 6.45) is 0. The highest BCUT2D eigenvalue weighted by Crippen LogP contribution is 2.24. The Hall–Kier alpha value is -3.72. The van der Waals surface area contributed by atoms with E-state index in [1.807, 2.05) is 24.3 Å². The first-order valence-corrected chi connectivity index (χ1v) is 11.3. The summed E-state index contributed by atoms with van der Waals surface area (Å²) in [5.41, 5.74) is 0.681. The molecule has 3 aromatic carbocycles. The molecular weight excluding hydrogens is 460 g/mol. The molecule has 1 amide bonds. The van der Waals surface area contributed by atoms with Crippen molar-refractivity contribution in [2.75, 3.05) is 19.9 Å². The summed E-state index contributed by atoms with van der Waals surface area (Å²) in [5.74, 6) is -1.21. The van der Waals surface area contributed by atoms with Gasteiger partial charge in [-0.25, -0.2) is 13.8 Å². The Kier molecular flexibility index (Phi) is 6.93. The molecule has 9 heteroatoms. The number of para-hydroxylation sites is 1. The summed E-state index contributed by atoms with van der Waals surface area (Å²) in [4.78, 5) is 32.1. The molecule has 4 rings (SSSR count). The van der Waals surface area contributed by atoms with Gasteiger partial charge in [-0.3, -0.25) is 14.2 Å². The zero-order valence-corrected chi connectivity index (χ0v) is 19.3. The first-order chi connectivity index (χ1) is 16.4. The number of hydrogen-bond acceptors (Lipinski definition) is 5. The van der Waals surface area contributed by atoms with Gasteiger partial charge >= 0.3 is 0 Å². The quantitative estimate of drug-likeness (QED) is 0.289. The third-order valence-electron chi connectivity index (χ3n) is 5.20. The summed E-state index contributed by atoms with van der Waals surface area (Å²) in [6.45, 7) is 0.362. The predicted octanol–water partition coefficient (Wildman–Crippen LogP) is 4.42. The van der Waals surface area contributed by atoms with Crippen molar-refractivity contribution in [1.29, 1.82) is 0 Å². The van der Waals surface area contributed by atoms with E-state index >= 15 is 0 Å². The van der Waals surface area contributed by atoms with E-state index in [1.165, 1.54) is 6.07 Å². The second-order valence-corrected chi connectivity index (χ2v) is 8.48. The molecule has 0 fully saturated rings. The van der Waals surface area contributed by atoms with E-state index in [0.29, 0.717) is 23.9 Å². The molecule has 0 saturated carbocycles. The van der Waals surface area contributed by atoms with E-state index in [2.05, 4.69) is 4.98 Å². The summed E-state index contributed by atoms with van der Waals surface area (Å²) >= 11 is 1.01. The van der Waals surface area contributed by atoms with Gasteiger partial charge in [-0.2, -0.15) is 0 Å². The number of rotatable bonds is 7. The second-order valence-electron chi connectivity index (χ2n) is 7.54. The molecule has 0 aliphatic carbocycles. The van der Waals surface area contributed by atoms with Gasteiger partial charge in [0.25, 0.3) is 5.56 Å². The molecular formula is C25H21F2N3O3S. The van der Waals surface area contributed by atoms with E-state index in [4.69, 9.17) is 4.74 Å². The minimum absolute atomic E-state index is 0.0337. The fourth-order valence-electron chi connectivity index (χ4n) is 3.45. The van der Waals surface area contributed by atoms with Crippen LogP contribution in [0.15, 0.2) is 76.7 Å². The second kappa shape index (κ2) is 10.0. The summed E-state index contributed by atoms with van der Waals surface area (Å²) < 4.78 is 34.4. The molecule has 174 valence electrons. The molecule has 1 aromatic heterocycles. The van der Waals surface area contributed by atoms with Crippen molar-refractivity contribution in [1.82, 2.24) is 14.5 Å². The molecule has 0 bridgehead atoms. The van der Waals surface area contributed by atoms with Crippen molar-refractivity contribution in [3.05, 3.63) is 94.3 Å². The van der Waals surface area contributed by atoms with E-state index in [-0.39, 0.29) is 27.9 Å². The lowest BCUT2D eigenvalue weighted by atomic mass is 10.2. The van der Waals surface area contributed by atoms with Gasteiger partial charge in [0.1, 0.15) is 17.4 Å². The average Bonchev–Trinajstić information content (AvgIpc) is 2.83. The van der Waals surface area contributed by atoms with Gasteiger partial charge in [-0.05, 0) is 42.0 Å². The Bertz CT molecular complexity index is 1420. The standard InChI is InChI=1S/C25H21F2N3O3S/c1-29(14-16-6-5-7-18(12-16)33-2)23(31)15-34-25-28-21-9-4-3-8-19(21)24(32)30(25)22-11-10-17(26)13-20(22)27/h3-13H,14-15H2,1-2H3. The molecule has 4 aromatic rings. The fraction of sp³-hybridized carbons (Fsp3) is 0.160. The van der Waals surface area contributed by atoms with Crippen molar-refractivity contribution in [2.24, 2.45) is 0 Å². The minimum Gasteiger partial charge on any atom is -0.497 e. The van der Waals surface area contributed by atoms with Crippen LogP contribution >= 0.6 is 11.8 Å². The number of benzene rings is 3. The van der Waals surface area contributed by atoms with E-state index in [0.717, 1.165) is 28.0 Å². The van der Waals surface area contributed by atoms with E-state index in [1.54, 1.807) is 43.3 Å². The maximum atomic E-state index is 14.6. The van der Waals surface area contributed by atoms with Crippen LogP contribution in [-0.4, -0.2) is 40.3 Å². The molecule has 0 saturated heterocycles. The van der Waals surface area contributed by atoms with E-state index in [9.17, 15) is 18.4 Å². The lowest BCUT2D eigenvalue weighted by Crippen LogP contribution is -2.28. The normalized spacial score (nSPS) is 10.9. The first-order valence-electron chi connectivity index (χ1n) is 10.3. The van der Waals surface area contributed by atoms with Crippen molar-refractivity contribution < 1.29 is 18.3 Å². The van der Waals surface area contributed by atoms with Gasteiger partial charge in [0.2, 0.25) is 5.91 Å². The van der Waals surface area contributed by atoms with Crippen LogP contribution in [0.2, 0.25) is 0 Å². The molecule has 0 radical (unpaired) electrons. The number of hydrogen-bond donors (Lipinski definition) is 0. The van der Waals surface area contributed by atoms with Crippen molar-refractivity contribution >= 4 is 28.6 Å². The summed E-state index contributed by atoms with van der Waals surface area (Å²) in [7, 11) is 3.24. The Morgan fingerprint density at radius 1 is 1.09 bits per heavy atom. The third-order valence-corrected chi connectivity index (χ3v) is 6.12. The average molecular weight is 482 g/mol. The van der Waals surface area contributed by atoms with Crippen LogP contribution in [0.5, 0.6) is 5.75 Å². The fourth-order valence-corrected chi connectivity index (χ4v) is 4.40. The smallest absolute Gasteiger partial charge is 0.266 e. The van der Waals surface area contributed by atoms with Crippen molar-refractivity contribution in [2.45, 2.75) is 11.7 Å². The summed E-state index contributed by atoms with van der Waals surface area (Å²) in [6, 6.07) is 17.0. The monoisotopic (exact) mass is 481 g/mol. The van der Waals surface area contributed by atoms with Gasteiger partial charge < -0.3 is 9.64 Å². The molecule has 0 spiro atoms. The number of thioether (sulfide) groups is 1. The highest BCUT2D eigenvalue weighted by atomic mass is 32.2. The Balaban J connectivity index is 1.63. The highest BCUT2D eigenvalue weighted by Gasteiger charge is 2.19. The van der Waals surface area contributed by atoms with Gasteiger partial charge in [0.05, 0.1) is 29.5 Å². The molecule has 1 heterocycles. The third kappa shape index (κ3) is 4.94. The van der Waals surface area contributed by atoms with Crippen LogP contribution in [0, 0.1) is 11.6 Å². The number of carbonyl (C=O) groups is 1. The number of methoxy groups -OCH3 is 1. The Morgan fingerprint density at radius 3 is 2.65 bits per heavy atom. The molecule has 34 heavy (non-hydrogen) atoms. The number of halogens is 2. The maximum absolute atomic E-state index is 14.6. The minimum atomic E-state index is -0.900. The molecule has 0 atom stereocenters. The van der Waals surface area contributed by atoms with Crippen LogP contribution < -0.4 is 10.3 Å². The maximum Gasteiger partial charge on any atom is 0.266 e. The zero-order valence-electron chi connectivity index (χ0n) is 18.5. The predicted molar refractivity (Wildman–Crippen MR) is 127 cm³/mol. The lowest BCUT2D eigenvalue weighted by molar-refractivity contribution is -0.127. The van der Waals surface area contributed by atoms with Gasteiger partial charge in [-0.15, -0.1) is 0 Å². The highest BCUT2D eigenvalue weighted by molar-refractivity contribution is 7.99. The lowest BCUT2D eigenvalue weighted by Gasteiger charge is -2.18. The van der Waals surface area contributed by atoms with E-state index < -0.39 is 17.2 Å². The first kappa shape index (κ1) is 23.4.